The van der Waals surface area contributed by atoms with E-state index in [9.17, 15) is 0 Å². The minimum atomic E-state index is 0.510. The van der Waals surface area contributed by atoms with Crippen molar-refractivity contribution in [3.8, 4) is 0 Å². The zero-order valence-corrected chi connectivity index (χ0v) is 10.5. The lowest BCUT2D eigenvalue weighted by molar-refractivity contribution is 0.577. The van der Waals surface area contributed by atoms with Crippen LogP contribution in [0.2, 0.25) is 0 Å². The van der Waals surface area contributed by atoms with Crippen LogP contribution in [0.5, 0.6) is 0 Å². The van der Waals surface area contributed by atoms with Gasteiger partial charge in [-0.15, -0.1) is 0 Å². The summed E-state index contributed by atoms with van der Waals surface area (Å²) in [6.45, 7) is 5.53. The Kier molecular flexibility index (Phi) is 6.53. The van der Waals surface area contributed by atoms with E-state index >= 15 is 0 Å². The Bertz CT molecular complexity index is 240. The fourth-order valence-electron chi connectivity index (χ4n) is 1.51. The molecule has 1 aromatic carbocycles. The predicted molar refractivity (Wildman–Crippen MR) is 70.5 cm³/mol. The Morgan fingerprint density at radius 2 is 1.93 bits per heavy atom. The highest BCUT2D eigenvalue weighted by Crippen LogP contribution is 2.17. The number of nitrogens with one attached hydrogen (secondary N) is 1. The first-order chi connectivity index (χ1) is 7.38. The molecular formula is C13H21NS. The van der Waals surface area contributed by atoms with Crippen molar-refractivity contribution < 1.29 is 0 Å². The number of rotatable bonds is 7. The SMILES string of the molecule is CCCNC(CSCC)c1ccccc1. The fraction of sp³-hybridized carbons (Fsp3) is 0.538. The number of thioether (sulfide) groups is 1. The van der Waals surface area contributed by atoms with E-state index in [-0.39, 0.29) is 0 Å². The van der Waals surface area contributed by atoms with E-state index in [0.29, 0.717) is 6.04 Å². The van der Waals surface area contributed by atoms with Crippen LogP contribution in [0.25, 0.3) is 0 Å². The molecule has 1 atom stereocenters. The maximum absolute atomic E-state index is 3.60. The molecule has 1 N–H and O–H groups in total. The first-order valence-corrected chi connectivity index (χ1v) is 6.90. The van der Waals surface area contributed by atoms with Gasteiger partial charge < -0.3 is 5.32 Å². The van der Waals surface area contributed by atoms with E-state index in [2.05, 4.69) is 49.5 Å². The molecule has 0 aliphatic rings. The maximum atomic E-state index is 3.60. The van der Waals surface area contributed by atoms with Gasteiger partial charge in [0.25, 0.3) is 0 Å². The van der Waals surface area contributed by atoms with Crippen LogP contribution in [-0.4, -0.2) is 18.1 Å². The third-order valence-electron chi connectivity index (χ3n) is 2.33. The van der Waals surface area contributed by atoms with Crippen molar-refractivity contribution in [1.82, 2.24) is 5.32 Å². The zero-order valence-electron chi connectivity index (χ0n) is 9.70. The third kappa shape index (κ3) is 4.72. The second kappa shape index (κ2) is 7.77. The van der Waals surface area contributed by atoms with Crippen molar-refractivity contribution in [2.24, 2.45) is 0 Å². The lowest BCUT2D eigenvalue weighted by atomic mass is 10.1. The maximum Gasteiger partial charge on any atom is 0.0411 e. The summed E-state index contributed by atoms with van der Waals surface area (Å²) in [5.41, 5.74) is 1.41. The minimum absolute atomic E-state index is 0.510. The first-order valence-electron chi connectivity index (χ1n) is 5.74. The number of benzene rings is 1. The lowest BCUT2D eigenvalue weighted by Gasteiger charge is -2.18. The molecule has 0 amide bonds. The van der Waals surface area contributed by atoms with Gasteiger partial charge >= 0.3 is 0 Å². The molecule has 0 fully saturated rings. The molecule has 0 aliphatic heterocycles. The average Bonchev–Trinajstić information content (AvgIpc) is 2.30. The Morgan fingerprint density at radius 3 is 2.53 bits per heavy atom. The quantitative estimate of drug-likeness (QED) is 0.759. The van der Waals surface area contributed by atoms with Gasteiger partial charge in [-0.3, -0.25) is 0 Å². The van der Waals surface area contributed by atoms with Crippen LogP contribution >= 0.6 is 11.8 Å². The van der Waals surface area contributed by atoms with Gasteiger partial charge in [-0.05, 0) is 24.3 Å². The Hall–Kier alpha value is -0.470. The molecule has 84 valence electrons. The van der Waals surface area contributed by atoms with Crippen LogP contribution in [0.15, 0.2) is 30.3 Å². The van der Waals surface area contributed by atoms with Crippen LogP contribution in [-0.2, 0) is 0 Å². The predicted octanol–water partition coefficient (Wildman–Crippen LogP) is 3.48. The van der Waals surface area contributed by atoms with Gasteiger partial charge in [-0.25, -0.2) is 0 Å². The molecular weight excluding hydrogens is 202 g/mol. The fourth-order valence-corrected chi connectivity index (χ4v) is 2.29. The van der Waals surface area contributed by atoms with E-state index in [1.165, 1.54) is 23.5 Å². The normalized spacial score (nSPS) is 12.7. The molecule has 0 radical (unpaired) electrons. The molecule has 0 bridgehead atoms. The molecule has 0 saturated carbocycles. The van der Waals surface area contributed by atoms with Gasteiger partial charge in [0.05, 0.1) is 0 Å². The van der Waals surface area contributed by atoms with Crippen LogP contribution in [0.4, 0.5) is 0 Å². The van der Waals surface area contributed by atoms with Crippen molar-refractivity contribution in [2.75, 3.05) is 18.1 Å². The minimum Gasteiger partial charge on any atom is -0.309 e. The molecule has 1 aromatic rings. The van der Waals surface area contributed by atoms with Crippen molar-refractivity contribution in [3.63, 3.8) is 0 Å². The van der Waals surface area contributed by atoms with E-state index < -0.39 is 0 Å². The Labute approximate surface area is 97.7 Å². The number of hydrogen-bond donors (Lipinski definition) is 1. The summed E-state index contributed by atoms with van der Waals surface area (Å²) < 4.78 is 0. The van der Waals surface area contributed by atoms with E-state index in [4.69, 9.17) is 0 Å². The standard InChI is InChI=1S/C13H21NS/c1-3-10-14-13(11-15-4-2)12-8-6-5-7-9-12/h5-9,13-14H,3-4,10-11H2,1-2H3. The summed E-state index contributed by atoms with van der Waals surface area (Å²) in [5.74, 6) is 2.36. The van der Waals surface area contributed by atoms with Crippen molar-refractivity contribution in [1.29, 1.82) is 0 Å². The van der Waals surface area contributed by atoms with Gasteiger partial charge in [0, 0.05) is 11.8 Å². The highest BCUT2D eigenvalue weighted by atomic mass is 32.2. The molecule has 0 saturated heterocycles. The molecule has 1 nitrogen and oxygen atoms in total. The summed E-state index contributed by atoms with van der Waals surface area (Å²) in [6.07, 6.45) is 1.19. The van der Waals surface area contributed by atoms with Gasteiger partial charge in [-0.2, -0.15) is 11.8 Å². The molecule has 0 spiro atoms. The number of hydrogen-bond acceptors (Lipinski definition) is 2. The van der Waals surface area contributed by atoms with Gasteiger partial charge in [0.1, 0.15) is 0 Å². The molecule has 0 aliphatic carbocycles. The summed E-state index contributed by atoms with van der Waals surface area (Å²) in [5, 5.41) is 3.60. The highest BCUT2D eigenvalue weighted by molar-refractivity contribution is 7.99. The Balaban J connectivity index is 2.55. The molecule has 0 heterocycles. The molecule has 1 rings (SSSR count). The van der Waals surface area contributed by atoms with E-state index in [1.54, 1.807) is 0 Å². The lowest BCUT2D eigenvalue weighted by Crippen LogP contribution is -2.24. The zero-order chi connectivity index (χ0) is 10.9. The summed E-state index contributed by atoms with van der Waals surface area (Å²) in [6, 6.07) is 11.2. The Morgan fingerprint density at radius 1 is 1.20 bits per heavy atom. The summed E-state index contributed by atoms with van der Waals surface area (Å²) in [7, 11) is 0. The van der Waals surface area contributed by atoms with Crippen LogP contribution < -0.4 is 5.32 Å². The van der Waals surface area contributed by atoms with Crippen molar-refractivity contribution >= 4 is 11.8 Å². The second-order valence-electron chi connectivity index (χ2n) is 3.58. The molecule has 2 heteroatoms. The third-order valence-corrected chi connectivity index (χ3v) is 3.31. The summed E-state index contributed by atoms with van der Waals surface area (Å²) >= 11 is 2.00. The van der Waals surface area contributed by atoms with Crippen LogP contribution in [0.3, 0.4) is 0 Å². The monoisotopic (exact) mass is 223 g/mol. The summed E-state index contributed by atoms with van der Waals surface area (Å²) in [4.78, 5) is 0. The van der Waals surface area contributed by atoms with Crippen LogP contribution in [0.1, 0.15) is 31.9 Å². The van der Waals surface area contributed by atoms with Gasteiger partial charge in [-0.1, -0.05) is 44.2 Å². The average molecular weight is 223 g/mol. The smallest absolute Gasteiger partial charge is 0.0411 e. The van der Waals surface area contributed by atoms with Crippen molar-refractivity contribution in [3.05, 3.63) is 35.9 Å². The van der Waals surface area contributed by atoms with Crippen LogP contribution in [0, 0.1) is 0 Å². The van der Waals surface area contributed by atoms with E-state index in [1.807, 2.05) is 11.8 Å². The second-order valence-corrected chi connectivity index (χ2v) is 4.90. The first kappa shape index (κ1) is 12.6. The van der Waals surface area contributed by atoms with Gasteiger partial charge in [0.15, 0.2) is 0 Å². The molecule has 1 unspecified atom stereocenters. The molecule has 0 aromatic heterocycles. The largest absolute Gasteiger partial charge is 0.309 e. The molecule has 15 heavy (non-hydrogen) atoms. The van der Waals surface area contributed by atoms with Crippen molar-refractivity contribution in [2.45, 2.75) is 26.3 Å². The topological polar surface area (TPSA) is 12.0 Å². The highest BCUT2D eigenvalue weighted by Gasteiger charge is 2.08. The van der Waals surface area contributed by atoms with E-state index in [0.717, 1.165) is 6.54 Å². The van der Waals surface area contributed by atoms with Gasteiger partial charge in [0.2, 0.25) is 0 Å².